The van der Waals surface area contributed by atoms with E-state index in [4.69, 9.17) is 9.47 Å². The van der Waals surface area contributed by atoms with Crippen LogP contribution < -0.4 is 20.1 Å². The molecule has 2 N–H and O–H groups in total. The van der Waals surface area contributed by atoms with E-state index in [0.717, 1.165) is 24.5 Å². The quantitative estimate of drug-likeness (QED) is 0.247. The van der Waals surface area contributed by atoms with Gasteiger partial charge in [0.2, 0.25) is 0 Å². The van der Waals surface area contributed by atoms with Crippen LogP contribution in [0.5, 0.6) is 11.5 Å². The zero-order valence-electron chi connectivity index (χ0n) is 15.2. The minimum absolute atomic E-state index is 0. The first kappa shape index (κ1) is 22.8. The van der Waals surface area contributed by atoms with Crippen molar-refractivity contribution in [1.82, 2.24) is 10.6 Å². The van der Waals surface area contributed by atoms with Gasteiger partial charge in [-0.3, -0.25) is 4.99 Å². The van der Waals surface area contributed by atoms with Crippen LogP contribution in [-0.4, -0.2) is 58.7 Å². The summed E-state index contributed by atoms with van der Waals surface area (Å²) in [7, 11) is -1.27. The Morgan fingerprint density at radius 2 is 2.12 bits per heavy atom. The Morgan fingerprint density at radius 1 is 1.35 bits per heavy atom. The summed E-state index contributed by atoms with van der Waals surface area (Å²) in [6.07, 6.45) is 1.39. The Morgan fingerprint density at radius 3 is 2.77 bits per heavy atom. The molecule has 0 aromatic heterocycles. The van der Waals surface area contributed by atoms with E-state index in [1.807, 2.05) is 31.2 Å². The van der Waals surface area contributed by atoms with E-state index in [1.165, 1.54) is 0 Å². The maximum Gasteiger partial charge on any atom is 0.191 e. The summed E-state index contributed by atoms with van der Waals surface area (Å²) in [4.78, 5) is 4.48. The second-order valence-corrected chi connectivity index (χ2v) is 8.11. The molecule has 1 fully saturated rings. The van der Waals surface area contributed by atoms with E-state index < -0.39 is 9.84 Å². The zero-order chi connectivity index (χ0) is 18.1. The molecule has 1 aromatic rings. The Hall–Kier alpha value is -1.23. The third kappa shape index (κ3) is 7.98. The van der Waals surface area contributed by atoms with Gasteiger partial charge in [-0.1, -0.05) is 6.07 Å². The number of aliphatic imine (C=N–C) groups is 1. The molecule has 0 saturated carbocycles. The predicted molar refractivity (Wildman–Crippen MR) is 115 cm³/mol. The summed E-state index contributed by atoms with van der Waals surface area (Å²) in [5.41, 5.74) is 0. The maximum absolute atomic E-state index is 11.5. The summed E-state index contributed by atoms with van der Waals surface area (Å²) in [5.74, 6) is 2.62. The third-order valence-corrected chi connectivity index (χ3v) is 5.57. The molecule has 2 rings (SSSR count). The van der Waals surface area contributed by atoms with Gasteiger partial charge in [0, 0.05) is 31.6 Å². The second-order valence-electron chi connectivity index (χ2n) is 5.89. The summed E-state index contributed by atoms with van der Waals surface area (Å²) >= 11 is 0. The Bertz CT molecular complexity index is 682. The van der Waals surface area contributed by atoms with Gasteiger partial charge in [-0.05, 0) is 25.5 Å². The molecule has 1 aliphatic heterocycles. The monoisotopic (exact) mass is 497 g/mol. The highest BCUT2D eigenvalue weighted by atomic mass is 127. The minimum atomic E-state index is -2.90. The molecule has 0 spiro atoms. The van der Waals surface area contributed by atoms with Crippen LogP contribution in [0, 0.1) is 0 Å². The molecule has 1 unspecified atom stereocenters. The van der Waals surface area contributed by atoms with Crippen LogP contribution in [0.1, 0.15) is 19.8 Å². The van der Waals surface area contributed by atoms with Gasteiger partial charge in [0.05, 0.1) is 25.2 Å². The van der Waals surface area contributed by atoms with E-state index in [9.17, 15) is 8.42 Å². The number of nitrogens with one attached hydrogen (secondary N) is 2. The third-order valence-electron chi connectivity index (χ3n) is 3.80. The fraction of sp³-hybridized carbons (Fsp3) is 0.588. The largest absolute Gasteiger partial charge is 0.497 e. The van der Waals surface area contributed by atoms with E-state index in [-0.39, 0.29) is 41.5 Å². The molecule has 1 saturated heterocycles. The molecule has 9 heteroatoms. The Balaban J connectivity index is 0.00000338. The lowest BCUT2D eigenvalue weighted by atomic mass is 10.3. The van der Waals surface area contributed by atoms with Crippen LogP contribution in [0.4, 0.5) is 0 Å². The van der Waals surface area contributed by atoms with E-state index in [0.29, 0.717) is 25.5 Å². The highest BCUT2D eigenvalue weighted by Crippen LogP contribution is 2.18. The van der Waals surface area contributed by atoms with Gasteiger partial charge >= 0.3 is 0 Å². The molecule has 0 aliphatic carbocycles. The molecular weight excluding hydrogens is 469 g/mol. The first-order valence-electron chi connectivity index (χ1n) is 8.54. The summed E-state index contributed by atoms with van der Waals surface area (Å²) < 4.78 is 33.9. The highest BCUT2D eigenvalue weighted by Gasteiger charge is 2.28. The van der Waals surface area contributed by atoms with Gasteiger partial charge in [-0.25, -0.2) is 8.42 Å². The first-order valence-corrected chi connectivity index (χ1v) is 10.4. The smallest absolute Gasteiger partial charge is 0.191 e. The number of guanidine groups is 1. The van der Waals surface area contributed by atoms with Crippen molar-refractivity contribution in [3.63, 3.8) is 0 Å². The zero-order valence-corrected chi connectivity index (χ0v) is 18.4. The number of halogens is 1. The molecule has 26 heavy (non-hydrogen) atoms. The van der Waals surface area contributed by atoms with Gasteiger partial charge < -0.3 is 20.1 Å². The lowest BCUT2D eigenvalue weighted by Gasteiger charge is -2.15. The average Bonchev–Trinajstić information content (AvgIpc) is 2.93. The van der Waals surface area contributed by atoms with Crippen molar-refractivity contribution >= 4 is 39.8 Å². The molecule has 0 bridgehead atoms. The highest BCUT2D eigenvalue weighted by molar-refractivity contribution is 14.0. The average molecular weight is 497 g/mol. The van der Waals surface area contributed by atoms with Crippen molar-refractivity contribution < 1.29 is 17.9 Å². The van der Waals surface area contributed by atoms with Crippen molar-refractivity contribution in [3.8, 4) is 11.5 Å². The van der Waals surface area contributed by atoms with Crippen molar-refractivity contribution in [2.45, 2.75) is 25.8 Å². The Labute approximate surface area is 172 Å². The topological polar surface area (TPSA) is 89.0 Å². The molecule has 7 nitrogen and oxygen atoms in total. The summed E-state index contributed by atoms with van der Waals surface area (Å²) in [5, 5.41) is 6.35. The van der Waals surface area contributed by atoms with Crippen LogP contribution in [0.2, 0.25) is 0 Å². The van der Waals surface area contributed by atoms with Gasteiger partial charge in [0.1, 0.15) is 11.5 Å². The minimum Gasteiger partial charge on any atom is -0.497 e. The standard InChI is InChI=1S/C17H27N3O4S.HI/c1-3-18-17(20-14-8-11-25(21,22)13-14)19-9-5-10-24-16-7-4-6-15(12-16)23-2;/h4,6-7,12,14H,3,5,8-11,13H2,1-2H3,(H2,18,19,20);1H. The summed E-state index contributed by atoms with van der Waals surface area (Å²) in [6.45, 7) is 3.85. The molecule has 1 aliphatic rings. The van der Waals surface area contributed by atoms with Crippen molar-refractivity contribution in [2.24, 2.45) is 4.99 Å². The number of methoxy groups -OCH3 is 1. The normalized spacial score (nSPS) is 18.7. The van der Waals surface area contributed by atoms with Crippen molar-refractivity contribution in [3.05, 3.63) is 24.3 Å². The maximum atomic E-state index is 11.5. The Kier molecular flexibility index (Phi) is 10.1. The lowest BCUT2D eigenvalue weighted by Crippen LogP contribution is -2.44. The number of ether oxygens (including phenoxy) is 2. The van der Waals surface area contributed by atoms with Gasteiger partial charge in [0.15, 0.2) is 15.8 Å². The molecule has 1 heterocycles. The van der Waals surface area contributed by atoms with E-state index >= 15 is 0 Å². The molecule has 1 atom stereocenters. The second kappa shape index (κ2) is 11.5. The van der Waals surface area contributed by atoms with Crippen molar-refractivity contribution in [1.29, 1.82) is 0 Å². The predicted octanol–water partition coefficient (Wildman–Crippen LogP) is 1.82. The fourth-order valence-electron chi connectivity index (χ4n) is 2.56. The molecule has 0 radical (unpaired) electrons. The van der Waals surface area contributed by atoms with Gasteiger partial charge in [0.25, 0.3) is 0 Å². The number of sulfone groups is 1. The van der Waals surface area contributed by atoms with Crippen LogP contribution >= 0.6 is 24.0 Å². The van der Waals surface area contributed by atoms with Gasteiger partial charge in [-0.2, -0.15) is 0 Å². The number of nitrogens with zero attached hydrogens (tertiary/aromatic N) is 1. The first-order chi connectivity index (χ1) is 12.0. The van der Waals surface area contributed by atoms with Gasteiger partial charge in [-0.15, -0.1) is 24.0 Å². The van der Waals surface area contributed by atoms with Crippen molar-refractivity contribution in [2.75, 3.05) is 38.3 Å². The molecule has 0 amide bonds. The fourth-order valence-corrected chi connectivity index (χ4v) is 4.23. The SMILES string of the molecule is CCNC(=NCCCOc1cccc(OC)c1)NC1CCS(=O)(=O)C1.I. The van der Waals surface area contributed by atoms with Crippen LogP contribution in [0.15, 0.2) is 29.3 Å². The lowest BCUT2D eigenvalue weighted by molar-refractivity contribution is 0.311. The number of benzene rings is 1. The number of hydrogen-bond acceptors (Lipinski definition) is 5. The number of hydrogen-bond donors (Lipinski definition) is 2. The molecular formula is C17H28IN3O4S. The van der Waals surface area contributed by atoms with Crippen LogP contribution in [-0.2, 0) is 9.84 Å². The number of rotatable bonds is 8. The van der Waals surface area contributed by atoms with Crippen LogP contribution in [0.25, 0.3) is 0 Å². The van der Waals surface area contributed by atoms with Crippen LogP contribution in [0.3, 0.4) is 0 Å². The molecule has 1 aromatic carbocycles. The van der Waals surface area contributed by atoms with E-state index in [1.54, 1.807) is 7.11 Å². The van der Waals surface area contributed by atoms with E-state index in [2.05, 4.69) is 15.6 Å². The summed E-state index contributed by atoms with van der Waals surface area (Å²) in [6, 6.07) is 7.42. The molecule has 148 valence electrons.